The second-order valence-electron chi connectivity index (χ2n) is 2.86. The molecule has 1 heterocycles. The summed E-state index contributed by atoms with van der Waals surface area (Å²) in [7, 11) is 0. The highest BCUT2D eigenvalue weighted by molar-refractivity contribution is 7.99. The van der Waals surface area contributed by atoms with Gasteiger partial charge >= 0.3 is 0 Å². The molecule has 11 heavy (non-hydrogen) atoms. The number of nitrogens with one attached hydrogen (secondary N) is 1. The standard InChI is InChI=1S/C8H17NS2/c1-10-6-4-9-8-3-2-5-11-7-8/h8-9H,2-7H2,1H3. The van der Waals surface area contributed by atoms with Gasteiger partial charge in [0.25, 0.3) is 0 Å². The first-order valence-electron chi connectivity index (χ1n) is 4.23. The average Bonchev–Trinajstić information content (AvgIpc) is 2.07. The molecule has 0 amide bonds. The summed E-state index contributed by atoms with van der Waals surface area (Å²) in [6.07, 6.45) is 4.96. The molecule has 1 aliphatic heterocycles. The van der Waals surface area contributed by atoms with Crippen LogP contribution in [0.25, 0.3) is 0 Å². The molecule has 1 N–H and O–H groups in total. The molecule has 1 nitrogen and oxygen atoms in total. The van der Waals surface area contributed by atoms with Crippen molar-refractivity contribution in [1.82, 2.24) is 5.32 Å². The van der Waals surface area contributed by atoms with E-state index >= 15 is 0 Å². The molecule has 1 fully saturated rings. The van der Waals surface area contributed by atoms with Gasteiger partial charge in [-0.3, -0.25) is 0 Å². The lowest BCUT2D eigenvalue weighted by atomic mass is 10.2. The summed E-state index contributed by atoms with van der Waals surface area (Å²) in [5.74, 6) is 3.95. The molecule has 1 unspecified atom stereocenters. The van der Waals surface area contributed by atoms with Gasteiger partial charge in [0.05, 0.1) is 0 Å². The maximum atomic E-state index is 3.58. The van der Waals surface area contributed by atoms with Crippen LogP contribution in [0.1, 0.15) is 12.8 Å². The van der Waals surface area contributed by atoms with E-state index in [0.29, 0.717) is 0 Å². The highest BCUT2D eigenvalue weighted by atomic mass is 32.2. The fourth-order valence-electron chi connectivity index (χ4n) is 1.27. The molecule has 0 aromatic carbocycles. The number of hydrogen-bond acceptors (Lipinski definition) is 3. The fourth-order valence-corrected chi connectivity index (χ4v) is 2.70. The quantitative estimate of drug-likeness (QED) is 0.681. The Morgan fingerprint density at radius 3 is 3.18 bits per heavy atom. The molecule has 0 aliphatic carbocycles. The van der Waals surface area contributed by atoms with Crippen molar-refractivity contribution in [3.63, 3.8) is 0 Å². The molecule has 1 atom stereocenters. The topological polar surface area (TPSA) is 12.0 Å². The van der Waals surface area contributed by atoms with Crippen molar-refractivity contribution in [3.05, 3.63) is 0 Å². The SMILES string of the molecule is CSCCNC1CCCSC1. The van der Waals surface area contributed by atoms with Gasteiger partial charge in [0.15, 0.2) is 0 Å². The van der Waals surface area contributed by atoms with Crippen LogP contribution in [0.15, 0.2) is 0 Å². The molecule has 66 valence electrons. The summed E-state index contributed by atoms with van der Waals surface area (Å²) in [4.78, 5) is 0. The van der Waals surface area contributed by atoms with Crippen LogP contribution in [0.5, 0.6) is 0 Å². The van der Waals surface area contributed by atoms with Crippen molar-refractivity contribution in [2.45, 2.75) is 18.9 Å². The number of rotatable bonds is 4. The normalized spacial score (nSPS) is 25.4. The zero-order chi connectivity index (χ0) is 7.94. The Morgan fingerprint density at radius 2 is 2.55 bits per heavy atom. The van der Waals surface area contributed by atoms with Crippen LogP contribution in [0.4, 0.5) is 0 Å². The minimum absolute atomic E-state index is 0.806. The summed E-state index contributed by atoms with van der Waals surface area (Å²) in [5.41, 5.74) is 0. The maximum absolute atomic E-state index is 3.58. The van der Waals surface area contributed by atoms with Crippen molar-refractivity contribution in [2.75, 3.05) is 30.1 Å². The second kappa shape index (κ2) is 6.21. The first-order chi connectivity index (χ1) is 5.43. The van der Waals surface area contributed by atoms with Crippen molar-refractivity contribution < 1.29 is 0 Å². The highest BCUT2D eigenvalue weighted by Gasteiger charge is 2.11. The predicted octanol–water partition coefficient (Wildman–Crippen LogP) is 1.83. The summed E-state index contributed by atoms with van der Waals surface area (Å²) in [5, 5.41) is 3.58. The average molecular weight is 191 g/mol. The molecule has 1 aliphatic rings. The Balaban J connectivity index is 1.96. The smallest absolute Gasteiger partial charge is 0.0158 e. The summed E-state index contributed by atoms with van der Waals surface area (Å²) < 4.78 is 0. The molecule has 0 aromatic heterocycles. The largest absolute Gasteiger partial charge is 0.312 e. The van der Waals surface area contributed by atoms with Gasteiger partial charge in [-0.2, -0.15) is 23.5 Å². The highest BCUT2D eigenvalue weighted by Crippen LogP contribution is 2.16. The van der Waals surface area contributed by atoms with E-state index in [1.807, 2.05) is 11.8 Å². The van der Waals surface area contributed by atoms with Gasteiger partial charge in [0.1, 0.15) is 0 Å². The van der Waals surface area contributed by atoms with Crippen LogP contribution in [0.3, 0.4) is 0 Å². The van der Waals surface area contributed by atoms with Crippen LogP contribution < -0.4 is 5.32 Å². The Hall–Kier alpha value is 0.660. The van der Waals surface area contributed by atoms with Gasteiger partial charge in [-0.05, 0) is 24.9 Å². The fraction of sp³-hybridized carbons (Fsp3) is 1.00. The number of thioether (sulfide) groups is 2. The van der Waals surface area contributed by atoms with Crippen molar-refractivity contribution in [3.8, 4) is 0 Å². The van der Waals surface area contributed by atoms with Crippen molar-refractivity contribution >= 4 is 23.5 Å². The van der Waals surface area contributed by atoms with E-state index in [1.54, 1.807) is 0 Å². The van der Waals surface area contributed by atoms with E-state index in [1.165, 1.54) is 36.6 Å². The van der Waals surface area contributed by atoms with Crippen LogP contribution in [0.2, 0.25) is 0 Å². The van der Waals surface area contributed by atoms with E-state index in [0.717, 1.165) is 6.04 Å². The van der Waals surface area contributed by atoms with E-state index in [9.17, 15) is 0 Å². The van der Waals surface area contributed by atoms with Gasteiger partial charge in [-0.15, -0.1) is 0 Å². The van der Waals surface area contributed by atoms with E-state index in [2.05, 4.69) is 23.3 Å². The maximum Gasteiger partial charge on any atom is 0.0158 e. The minimum atomic E-state index is 0.806. The van der Waals surface area contributed by atoms with Gasteiger partial charge in [0.2, 0.25) is 0 Å². The molecule has 0 aromatic rings. The third-order valence-electron chi connectivity index (χ3n) is 1.90. The summed E-state index contributed by atoms with van der Waals surface area (Å²) in [6, 6.07) is 0.806. The first-order valence-corrected chi connectivity index (χ1v) is 6.78. The van der Waals surface area contributed by atoms with Gasteiger partial charge in [0, 0.05) is 24.1 Å². The molecule has 0 bridgehead atoms. The Labute approximate surface area is 78.1 Å². The lowest BCUT2D eigenvalue weighted by Gasteiger charge is -2.22. The van der Waals surface area contributed by atoms with Crippen LogP contribution in [-0.4, -0.2) is 36.1 Å². The Morgan fingerprint density at radius 1 is 1.64 bits per heavy atom. The molecular weight excluding hydrogens is 174 g/mol. The molecule has 0 saturated carbocycles. The lowest BCUT2D eigenvalue weighted by molar-refractivity contribution is 0.525. The third-order valence-corrected chi connectivity index (χ3v) is 3.73. The van der Waals surface area contributed by atoms with Gasteiger partial charge in [-0.25, -0.2) is 0 Å². The van der Waals surface area contributed by atoms with Crippen LogP contribution in [-0.2, 0) is 0 Å². The second-order valence-corrected chi connectivity index (χ2v) is 5.00. The van der Waals surface area contributed by atoms with Gasteiger partial charge < -0.3 is 5.32 Å². The predicted molar refractivity (Wildman–Crippen MR) is 56.7 cm³/mol. The zero-order valence-electron chi connectivity index (χ0n) is 7.14. The Kier molecular flexibility index (Phi) is 5.50. The zero-order valence-corrected chi connectivity index (χ0v) is 8.77. The van der Waals surface area contributed by atoms with Gasteiger partial charge in [-0.1, -0.05) is 0 Å². The molecule has 0 radical (unpaired) electrons. The molecular formula is C8H17NS2. The molecule has 1 saturated heterocycles. The van der Waals surface area contributed by atoms with E-state index in [4.69, 9.17) is 0 Å². The van der Waals surface area contributed by atoms with E-state index < -0.39 is 0 Å². The Bertz CT molecular complexity index is 92.1. The van der Waals surface area contributed by atoms with Crippen LogP contribution >= 0.6 is 23.5 Å². The molecule has 1 rings (SSSR count). The monoisotopic (exact) mass is 191 g/mol. The number of hydrogen-bond donors (Lipinski definition) is 1. The minimum Gasteiger partial charge on any atom is -0.312 e. The third kappa shape index (κ3) is 4.28. The first kappa shape index (κ1) is 9.75. The molecule has 0 spiro atoms. The van der Waals surface area contributed by atoms with Crippen LogP contribution in [0, 0.1) is 0 Å². The van der Waals surface area contributed by atoms with E-state index in [-0.39, 0.29) is 0 Å². The van der Waals surface area contributed by atoms with Crippen molar-refractivity contribution in [2.24, 2.45) is 0 Å². The molecule has 3 heteroatoms. The lowest BCUT2D eigenvalue weighted by Crippen LogP contribution is -2.35. The van der Waals surface area contributed by atoms with Crippen molar-refractivity contribution in [1.29, 1.82) is 0 Å². The summed E-state index contributed by atoms with van der Waals surface area (Å²) in [6.45, 7) is 1.19. The summed E-state index contributed by atoms with van der Waals surface area (Å²) >= 11 is 4.01.